The van der Waals surface area contributed by atoms with Crippen LogP contribution in [0.3, 0.4) is 0 Å². The van der Waals surface area contributed by atoms with Crippen LogP contribution in [0.5, 0.6) is 11.5 Å². The SMILES string of the molecule is COCCN1C(=O)[C@@H]2[C@@H](c3ccc(O)c(OC)c3)NN(C)[C@@H]2C1=O. The maximum Gasteiger partial charge on any atom is 0.248 e. The van der Waals surface area contributed by atoms with Crippen LogP contribution in [0.25, 0.3) is 0 Å². The average molecular weight is 335 g/mol. The Morgan fingerprint density at radius 3 is 2.67 bits per heavy atom. The first kappa shape index (κ1) is 16.7. The van der Waals surface area contributed by atoms with Gasteiger partial charge < -0.3 is 14.6 Å². The van der Waals surface area contributed by atoms with Gasteiger partial charge in [-0.15, -0.1) is 0 Å². The molecule has 8 heteroatoms. The number of nitrogens with zero attached hydrogens (tertiary/aromatic N) is 2. The number of benzene rings is 1. The summed E-state index contributed by atoms with van der Waals surface area (Å²) in [5, 5.41) is 11.4. The number of likely N-dealkylation sites (tertiary alicyclic amines) is 1. The highest BCUT2D eigenvalue weighted by Crippen LogP contribution is 2.41. The fourth-order valence-corrected chi connectivity index (χ4v) is 3.42. The van der Waals surface area contributed by atoms with Gasteiger partial charge in [-0.2, -0.15) is 0 Å². The lowest BCUT2D eigenvalue weighted by Crippen LogP contribution is -2.43. The highest BCUT2D eigenvalue weighted by Gasteiger charge is 2.57. The van der Waals surface area contributed by atoms with Crippen LogP contribution in [0, 0.1) is 5.92 Å². The van der Waals surface area contributed by atoms with E-state index in [0.29, 0.717) is 12.4 Å². The molecule has 2 N–H and O–H groups in total. The Morgan fingerprint density at radius 1 is 1.25 bits per heavy atom. The number of hydrazine groups is 1. The standard InChI is InChI=1S/C16H21N3O5/c1-18-14-12(15(21)19(16(14)22)6-7-23-2)13(17-18)9-4-5-10(20)11(8-9)24-3/h4-5,8,12-14,17,20H,6-7H2,1-3H3/t12-,13-,14+/m1/s1. The van der Waals surface area contributed by atoms with Crippen molar-refractivity contribution in [2.24, 2.45) is 5.92 Å². The van der Waals surface area contributed by atoms with E-state index in [4.69, 9.17) is 9.47 Å². The number of ether oxygens (including phenoxy) is 2. The van der Waals surface area contributed by atoms with Crippen LogP contribution in [0.2, 0.25) is 0 Å². The number of phenolic OH excluding ortho intramolecular Hbond substituents is 1. The summed E-state index contributed by atoms with van der Waals surface area (Å²) in [4.78, 5) is 26.6. The molecule has 0 bridgehead atoms. The van der Waals surface area contributed by atoms with Gasteiger partial charge in [0.25, 0.3) is 0 Å². The van der Waals surface area contributed by atoms with Gasteiger partial charge in [0.2, 0.25) is 11.8 Å². The van der Waals surface area contributed by atoms with E-state index in [9.17, 15) is 14.7 Å². The smallest absolute Gasteiger partial charge is 0.248 e. The van der Waals surface area contributed by atoms with E-state index in [1.165, 1.54) is 25.2 Å². The number of phenols is 1. The number of fused-ring (bicyclic) bond motifs is 1. The van der Waals surface area contributed by atoms with Gasteiger partial charge in [0.15, 0.2) is 11.5 Å². The molecule has 24 heavy (non-hydrogen) atoms. The highest BCUT2D eigenvalue weighted by molar-refractivity contribution is 6.07. The lowest BCUT2D eigenvalue weighted by atomic mass is 9.91. The van der Waals surface area contributed by atoms with Gasteiger partial charge in [-0.3, -0.25) is 14.5 Å². The van der Waals surface area contributed by atoms with Gasteiger partial charge >= 0.3 is 0 Å². The zero-order chi connectivity index (χ0) is 17.4. The third kappa shape index (κ3) is 2.52. The number of hydrogen-bond donors (Lipinski definition) is 2. The first-order valence-corrected chi connectivity index (χ1v) is 7.69. The Balaban J connectivity index is 1.92. The monoisotopic (exact) mass is 335 g/mol. The summed E-state index contributed by atoms with van der Waals surface area (Å²) in [6, 6.07) is 4.02. The molecule has 2 fully saturated rings. The fraction of sp³-hybridized carbons (Fsp3) is 0.500. The normalized spacial score (nSPS) is 27.0. The van der Waals surface area contributed by atoms with Crippen LogP contribution in [-0.2, 0) is 14.3 Å². The quantitative estimate of drug-likeness (QED) is 0.726. The molecule has 0 spiro atoms. The molecule has 3 atom stereocenters. The van der Waals surface area contributed by atoms with Gasteiger partial charge in [0.1, 0.15) is 6.04 Å². The third-order valence-electron chi connectivity index (χ3n) is 4.61. The first-order chi connectivity index (χ1) is 11.5. The Kier molecular flexibility index (Phi) is 4.44. The number of aromatic hydroxyl groups is 1. The second-order valence-electron chi connectivity index (χ2n) is 5.94. The molecule has 1 aromatic carbocycles. The number of nitrogens with one attached hydrogen (secondary N) is 1. The summed E-state index contributed by atoms with van der Waals surface area (Å²) in [5.41, 5.74) is 3.95. The van der Waals surface area contributed by atoms with Gasteiger partial charge in [-0.05, 0) is 17.7 Å². The molecule has 0 radical (unpaired) electrons. The highest BCUT2D eigenvalue weighted by atomic mass is 16.5. The Labute approximate surface area is 139 Å². The van der Waals surface area contributed by atoms with Gasteiger partial charge in [-0.1, -0.05) is 6.07 Å². The number of imide groups is 1. The Hall–Kier alpha value is -2.16. The van der Waals surface area contributed by atoms with Crippen LogP contribution in [0.15, 0.2) is 18.2 Å². The molecular weight excluding hydrogens is 314 g/mol. The largest absolute Gasteiger partial charge is 0.504 e. The van der Waals surface area contributed by atoms with Crippen LogP contribution < -0.4 is 10.2 Å². The summed E-state index contributed by atoms with van der Waals surface area (Å²) in [6.07, 6.45) is 0. The number of likely N-dealkylation sites (N-methyl/N-ethyl adjacent to an activating group) is 1. The van der Waals surface area contributed by atoms with Crippen molar-refractivity contribution in [3.63, 3.8) is 0 Å². The predicted octanol–water partition coefficient (Wildman–Crippen LogP) is -0.108. The van der Waals surface area contributed by atoms with Gasteiger partial charge in [0, 0.05) is 14.2 Å². The van der Waals surface area contributed by atoms with Crippen molar-refractivity contribution >= 4 is 11.8 Å². The second-order valence-corrected chi connectivity index (χ2v) is 5.94. The maximum absolute atomic E-state index is 12.8. The zero-order valence-corrected chi connectivity index (χ0v) is 13.9. The topological polar surface area (TPSA) is 91.3 Å². The average Bonchev–Trinajstić information content (AvgIpc) is 3.03. The second kappa shape index (κ2) is 6.39. The van der Waals surface area contributed by atoms with E-state index in [1.807, 2.05) is 0 Å². The first-order valence-electron chi connectivity index (χ1n) is 7.69. The number of carbonyl (C=O) groups excluding carboxylic acids is 2. The molecule has 1 aromatic rings. The van der Waals surface area contributed by atoms with E-state index in [-0.39, 0.29) is 30.2 Å². The predicted molar refractivity (Wildman–Crippen MR) is 84.2 cm³/mol. The summed E-state index contributed by atoms with van der Waals surface area (Å²) < 4.78 is 10.1. The minimum Gasteiger partial charge on any atom is -0.504 e. The number of amides is 2. The van der Waals surface area contributed by atoms with Crippen LogP contribution in [0.1, 0.15) is 11.6 Å². The molecule has 0 aromatic heterocycles. The summed E-state index contributed by atoms with van der Waals surface area (Å²) in [7, 11) is 4.75. The lowest BCUT2D eigenvalue weighted by molar-refractivity contribution is -0.142. The lowest BCUT2D eigenvalue weighted by Gasteiger charge is -2.22. The maximum atomic E-state index is 12.8. The molecule has 2 aliphatic rings. The van der Waals surface area contributed by atoms with Crippen molar-refractivity contribution in [1.29, 1.82) is 0 Å². The fourth-order valence-electron chi connectivity index (χ4n) is 3.42. The number of rotatable bonds is 5. The van der Waals surface area contributed by atoms with Gasteiger partial charge in [-0.25, -0.2) is 10.4 Å². The van der Waals surface area contributed by atoms with Crippen molar-refractivity contribution in [1.82, 2.24) is 15.3 Å². The summed E-state index contributed by atoms with van der Waals surface area (Å²) in [6.45, 7) is 0.562. The van der Waals surface area contributed by atoms with Crippen molar-refractivity contribution in [2.45, 2.75) is 12.1 Å². The van der Waals surface area contributed by atoms with Gasteiger partial charge in [0.05, 0.1) is 32.2 Å². The number of methoxy groups -OCH3 is 2. The summed E-state index contributed by atoms with van der Waals surface area (Å²) in [5.74, 6) is -0.594. The Morgan fingerprint density at radius 2 is 2.00 bits per heavy atom. The molecule has 0 unspecified atom stereocenters. The van der Waals surface area contributed by atoms with Crippen LogP contribution >= 0.6 is 0 Å². The molecule has 3 rings (SSSR count). The number of hydrogen-bond acceptors (Lipinski definition) is 7. The van der Waals surface area contributed by atoms with Crippen LogP contribution in [-0.4, -0.2) is 67.3 Å². The van der Waals surface area contributed by atoms with Crippen LogP contribution in [0.4, 0.5) is 0 Å². The number of carbonyl (C=O) groups is 2. The zero-order valence-electron chi connectivity index (χ0n) is 13.9. The summed E-state index contributed by atoms with van der Waals surface area (Å²) >= 11 is 0. The third-order valence-corrected chi connectivity index (χ3v) is 4.61. The molecule has 8 nitrogen and oxygen atoms in total. The molecule has 2 amide bonds. The molecular formula is C16H21N3O5. The van der Waals surface area contributed by atoms with Crippen molar-refractivity contribution in [2.75, 3.05) is 34.4 Å². The molecule has 2 heterocycles. The van der Waals surface area contributed by atoms with E-state index in [1.54, 1.807) is 24.2 Å². The van der Waals surface area contributed by atoms with Crippen molar-refractivity contribution in [3.05, 3.63) is 23.8 Å². The molecule has 0 saturated carbocycles. The molecule has 130 valence electrons. The minimum absolute atomic E-state index is 0.0275. The van der Waals surface area contributed by atoms with E-state index in [2.05, 4.69) is 5.43 Å². The Bertz CT molecular complexity index is 665. The minimum atomic E-state index is -0.542. The van der Waals surface area contributed by atoms with E-state index < -0.39 is 12.0 Å². The molecule has 2 saturated heterocycles. The van der Waals surface area contributed by atoms with Crippen molar-refractivity contribution < 1.29 is 24.2 Å². The molecule has 0 aliphatic carbocycles. The molecule has 2 aliphatic heterocycles. The van der Waals surface area contributed by atoms with Crippen molar-refractivity contribution in [3.8, 4) is 11.5 Å². The van der Waals surface area contributed by atoms with E-state index in [0.717, 1.165) is 5.56 Å². The van der Waals surface area contributed by atoms with E-state index >= 15 is 0 Å².